The highest BCUT2D eigenvalue weighted by Gasteiger charge is 2.16. The zero-order valence-corrected chi connectivity index (χ0v) is 12.7. The number of aromatic nitrogens is 2. The molecule has 5 heteroatoms. The standard InChI is InChI=1S/C18H16FN3O/c1-22(12-14-9-5-6-10-15(14)19)18(23)17-11-16(20-21-17)13-7-3-2-4-8-13/h2-11H,12H2,1H3,(H,20,21). The van der Waals surface area contributed by atoms with Crippen LogP contribution in [-0.4, -0.2) is 28.1 Å². The predicted octanol–water partition coefficient (Wildman–Crippen LogP) is 3.49. The van der Waals surface area contributed by atoms with Gasteiger partial charge in [-0.3, -0.25) is 9.89 Å². The number of nitrogens with one attached hydrogen (secondary N) is 1. The van der Waals surface area contributed by atoms with Gasteiger partial charge < -0.3 is 4.90 Å². The van der Waals surface area contributed by atoms with E-state index in [1.165, 1.54) is 11.0 Å². The van der Waals surface area contributed by atoms with E-state index in [4.69, 9.17) is 0 Å². The Morgan fingerprint density at radius 1 is 1.13 bits per heavy atom. The fraction of sp³-hybridized carbons (Fsp3) is 0.111. The summed E-state index contributed by atoms with van der Waals surface area (Å²) in [7, 11) is 1.64. The van der Waals surface area contributed by atoms with E-state index in [-0.39, 0.29) is 18.3 Å². The minimum Gasteiger partial charge on any atom is -0.336 e. The van der Waals surface area contributed by atoms with E-state index < -0.39 is 0 Å². The van der Waals surface area contributed by atoms with Gasteiger partial charge in [0.15, 0.2) is 0 Å². The number of nitrogens with zero attached hydrogens (tertiary/aromatic N) is 2. The molecule has 3 aromatic rings. The second-order valence-electron chi connectivity index (χ2n) is 5.29. The summed E-state index contributed by atoms with van der Waals surface area (Å²) in [6.45, 7) is 0.200. The van der Waals surface area contributed by atoms with Crippen LogP contribution in [-0.2, 0) is 6.54 Å². The Hall–Kier alpha value is -2.95. The van der Waals surface area contributed by atoms with Gasteiger partial charge >= 0.3 is 0 Å². The molecule has 2 aromatic carbocycles. The van der Waals surface area contributed by atoms with Crippen molar-refractivity contribution in [2.45, 2.75) is 6.54 Å². The lowest BCUT2D eigenvalue weighted by molar-refractivity contribution is 0.0778. The Kier molecular flexibility index (Phi) is 4.19. The maximum atomic E-state index is 13.7. The Morgan fingerprint density at radius 3 is 2.57 bits per heavy atom. The molecule has 1 heterocycles. The van der Waals surface area contributed by atoms with Gasteiger partial charge in [0.05, 0.1) is 5.69 Å². The van der Waals surface area contributed by atoms with Gasteiger partial charge in [0.1, 0.15) is 11.5 Å². The second kappa shape index (κ2) is 6.44. The summed E-state index contributed by atoms with van der Waals surface area (Å²) in [6.07, 6.45) is 0. The molecule has 0 bridgehead atoms. The Bertz CT molecular complexity index is 814. The molecule has 3 rings (SSSR count). The number of halogens is 1. The molecule has 23 heavy (non-hydrogen) atoms. The number of rotatable bonds is 4. The van der Waals surface area contributed by atoms with E-state index in [0.29, 0.717) is 17.0 Å². The molecule has 1 amide bonds. The molecule has 0 saturated carbocycles. The molecular weight excluding hydrogens is 293 g/mol. The van der Waals surface area contributed by atoms with Gasteiger partial charge in [-0.05, 0) is 12.1 Å². The number of carbonyl (C=O) groups is 1. The monoisotopic (exact) mass is 309 g/mol. The van der Waals surface area contributed by atoms with Gasteiger partial charge in [0.2, 0.25) is 0 Å². The molecule has 0 aliphatic carbocycles. The molecule has 0 saturated heterocycles. The highest BCUT2D eigenvalue weighted by Crippen LogP contribution is 2.18. The van der Waals surface area contributed by atoms with Gasteiger partial charge in [-0.2, -0.15) is 5.10 Å². The minimum absolute atomic E-state index is 0.200. The quantitative estimate of drug-likeness (QED) is 0.802. The van der Waals surface area contributed by atoms with Crippen molar-refractivity contribution in [3.05, 3.63) is 77.7 Å². The number of H-pyrrole nitrogens is 1. The summed E-state index contributed by atoms with van der Waals surface area (Å²) in [5.41, 5.74) is 2.49. The predicted molar refractivity (Wildman–Crippen MR) is 86.2 cm³/mol. The number of hydrogen-bond acceptors (Lipinski definition) is 2. The number of benzene rings is 2. The van der Waals surface area contributed by atoms with E-state index in [1.807, 2.05) is 30.3 Å². The van der Waals surface area contributed by atoms with Crippen LogP contribution in [0.15, 0.2) is 60.7 Å². The molecule has 116 valence electrons. The first kappa shape index (κ1) is 15.0. The molecule has 0 aliphatic rings. The lowest BCUT2D eigenvalue weighted by atomic mass is 10.1. The second-order valence-corrected chi connectivity index (χ2v) is 5.29. The number of carbonyl (C=O) groups excluding carboxylic acids is 1. The molecule has 0 fully saturated rings. The van der Waals surface area contributed by atoms with E-state index in [2.05, 4.69) is 10.2 Å². The van der Waals surface area contributed by atoms with Crippen molar-refractivity contribution < 1.29 is 9.18 Å². The van der Waals surface area contributed by atoms with Crippen molar-refractivity contribution in [1.29, 1.82) is 0 Å². The zero-order chi connectivity index (χ0) is 16.2. The van der Waals surface area contributed by atoms with Gasteiger partial charge in [-0.25, -0.2) is 4.39 Å². The van der Waals surface area contributed by atoms with Gasteiger partial charge in [0.25, 0.3) is 5.91 Å². The largest absolute Gasteiger partial charge is 0.336 e. The Balaban J connectivity index is 1.76. The summed E-state index contributed by atoms with van der Waals surface area (Å²) in [5, 5.41) is 6.92. The first-order chi connectivity index (χ1) is 11.1. The summed E-state index contributed by atoms with van der Waals surface area (Å²) in [6, 6.07) is 17.7. The van der Waals surface area contributed by atoms with Crippen LogP contribution in [0.5, 0.6) is 0 Å². The van der Waals surface area contributed by atoms with Crippen molar-refractivity contribution in [3.63, 3.8) is 0 Å². The van der Waals surface area contributed by atoms with Crippen molar-refractivity contribution in [2.75, 3.05) is 7.05 Å². The van der Waals surface area contributed by atoms with Crippen molar-refractivity contribution in [3.8, 4) is 11.3 Å². The highest BCUT2D eigenvalue weighted by atomic mass is 19.1. The molecule has 0 aliphatic heterocycles. The van der Waals surface area contributed by atoms with Crippen LogP contribution in [0, 0.1) is 5.82 Å². The third-order valence-corrected chi connectivity index (χ3v) is 3.59. The van der Waals surface area contributed by atoms with E-state index in [0.717, 1.165) is 5.56 Å². The van der Waals surface area contributed by atoms with Crippen LogP contribution >= 0.6 is 0 Å². The van der Waals surface area contributed by atoms with Crippen LogP contribution in [0.3, 0.4) is 0 Å². The normalized spacial score (nSPS) is 10.5. The van der Waals surface area contributed by atoms with E-state index >= 15 is 0 Å². The topological polar surface area (TPSA) is 49.0 Å². The third kappa shape index (κ3) is 3.29. The smallest absolute Gasteiger partial charge is 0.271 e. The molecular formula is C18H16FN3O. The van der Waals surface area contributed by atoms with Crippen LogP contribution in [0.1, 0.15) is 16.1 Å². The van der Waals surface area contributed by atoms with Gasteiger partial charge in [-0.1, -0.05) is 48.5 Å². The molecule has 1 N–H and O–H groups in total. The molecule has 0 unspecified atom stereocenters. The van der Waals surface area contributed by atoms with Crippen molar-refractivity contribution in [1.82, 2.24) is 15.1 Å². The summed E-state index contributed by atoms with van der Waals surface area (Å²) in [5.74, 6) is -0.551. The summed E-state index contributed by atoms with van der Waals surface area (Å²) < 4.78 is 13.7. The molecule has 0 spiro atoms. The first-order valence-corrected chi connectivity index (χ1v) is 7.25. The fourth-order valence-electron chi connectivity index (χ4n) is 2.35. The van der Waals surface area contributed by atoms with Crippen LogP contribution in [0.2, 0.25) is 0 Å². The number of amides is 1. The van der Waals surface area contributed by atoms with Crippen LogP contribution in [0.25, 0.3) is 11.3 Å². The van der Waals surface area contributed by atoms with Crippen molar-refractivity contribution in [2.24, 2.45) is 0 Å². The van der Waals surface area contributed by atoms with Crippen molar-refractivity contribution >= 4 is 5.91 Å². The molecule has 4 nitrogen and oxygen atoms in total. The highest BCUT2D eigenvalue weighted by molar-refractivity contribution is 5.93. The zero-order valence-electron chi connectivity index (χ0n) is 12.7. The number of hydrogen-bond donors (Lipinski definition) is 1. The average Bonchev–Trinajstić information content (AvgIpc) is 3.07. The van der Waals surface area contributed by atoms with Gasteiger partial charge in [0, 0.05) is 24.7 Å². The lowest BCUT2D eigenvalue weighted by Crippen LogP contribution is -2.26. The summed E-state index contributed by atoms with van der Waals surface area (Å²) >= 11 is 0. The SMILES string of the molecule is CN(Cc1ccccc1F)C(=O)c1cc(-c2ccccc2)n[nH]1. The minimum atomic E-state index is -0.318. The lowest BCUT2D eigenvalue weighted by Gasteiger charge is -2.16. The average molecular weight is 309 g/mol. The molecule has 0 radical (unpaired) electrons. The maximum Gasteiger partial charge on any atom is 0.271 e. The first-order valence-electron chi connectivity index (χ1n) is 7.25. The third-order valence-electron chi connectivity index (χ3n) is 3.59. The molecule has 0 atom stereocenters. The molecule has 1 aromatic heterocycles. The number of aromatic amines is 1. The maximum absolute atomic E-state index is 13.7. The summed E-state index contributed by atoms with van der Waals surface area (Å²) in [4.78, 5) is 13.9. The van der Waals surface area contributed by atoms with Crippen LogP contribution < -0.4 is 0 Å². The Labute approximate surface area is 133 Å². The van der Waals surface area contributed by atoms with Crippen LogP contribution in [0.4, 0.5) is 4.39 Å². The fourth-order valence-corrected chi connectivity index (χ4v) is 2.35. The Morgan fingerprint density at radius 2 is 1.83 bits per heavy atom. The van der Waals surface area contributed by atoms with Gasteiger partial charge in [-0.15, -0.1) is 0 Å². The van der Waals surface area contributed by atoms with E-state index in [9.17, 15) is 9.18 Å². The van der Waals surface area contributed by atoms with E-state index in [1.54, 1.807) is 31.3 Å².